The Kier molecular flexibility index (Phi) is 19.3. The number of carbonyl (C=O) groups is 2. The van der Waals surface area contributed by atoms with Gasteiger partial charge in [0.25, 0.3) is 0 Å². The van der Waals surface area contributed by atoms with Crippen molar-refractivity contribution in [1.82, 2.24) is 9.97 Å². The first-order chi connectivity index (χ1) is 25.2. The quantitative estimate of drug-likeness (QED) is 0.0755. The van der Waals surface area contributed by atoms with Crippen LogP contribution >= 0.6 is 0 Å². The number of aromatic nitrogens is 2. The first-order valence-corrected chi connectivity index (χ1v) is 17.9. The normalized spacial score (nSPS) is 10.9. The van der Waals surface area contributed by atoms with E-state index in [9.17, 15) is 19.1 Å². The summed E-state index contributed by atoms with van der Waals surface area (Å²) in [6, 6.07) is 18.2. The van der Waals surface area contributed by atoms with Crippen molar-refractivity contribution < 1.29 is 43.5 Å². The SMILES string of the molecule is CC(C)CO.CC(C)c1cccc(-c2ccnc(F)c2)c1CC(=O)O.CCOC(COc1cc(-c2cccc(C(C)C)c2CC(=O)O)ccn1)OCC. The topological polar surface area (TPSA) is 148 Å². The lowest BCUT2D eigenvalue weighted by molar-refractivity contribution is -0.152. The van der Waals surface area contributed by atoms with E-state index in [1.54, 1.807) is 12.3 Å². The Hall–Kier alpha value is -4.71. The fourth-order valence-corrected chi connectivity index (χ4v) is 5.42. The number of rotatable bonds is 16. The van der Waals surface area contributed by atoms with Crippen LogP contribution in [0.1, 0.15) is 89.5 Å². The van der Waals surface area contributed by atoms with Crippen LogP contribution in [0.2, 0.25) is 0 Å². The van der Waals surface area contributed by atoms with Crippen LogP contribution in [0.25, 0.3) is 22.3 Å². The highest BCUT2D eigenvalue weighted by molar-refractivity contribution is 5.79. The maximum absolute atomic E-state index is 13.3. The second kappa shape index (κ2) is 23.1. The summed E-state index contributed by atoms with van der Waals surface area (Å²) in [5.41, 5.74) is 6.72. The molecule has 0 amide bonds. The van der Waals surface area contributed by atoms with Crippen LogP contribution in [0.15, 0.2) is 73.1 Å². The number of aliphatic hydroxyl groups excluding tert-OH is 1. The Balaban J connectivity index is 0.000000338. The van der Waals surface area contributed by atoms with Gasteiger partial charge in [0.1, 0.15) is 6.61 Å². The standard InChI is InChI=1S/C22H29NO5.C16H16FNO2.C4H10O/c1-5-26-22(27-6-2)14-28-20-12-16(10-11-23-20)18-9-7-8-17(15(3)4)19(18)13-21(24)25;1-10(2)12-4-3-5-13(14(12)9-16(19)20)11-6-7-18-15(17)8-11;1-4(2)3-5/h7-12,15,22H,5-6,13-14H2,1-4H3,(H,24,25);3-8,10H,9H2,1-2H3,(H,19,20);4-5H,3H2,1-2H3. The summed E-state index contributed by atoms with van der Waals surface area (Å²) >= 11 is 0. The largest absolute Gasteiger partial charge is 0.481 e. The van der Waals surface area contributed by atoms with Crippen LogP contribution in [0.3, 0.4) is 0 Å². The highest BCUT2D eigenvalue weighted by Gasteiger charge is 2.18. The Morgan fingerprint density at radius 1 is 0.717 bits per heavy atom. The molecule has 0 bridgehead atoms. The number of hydrogen-bond acceptors (Lipinski definition) is 8. The van der Waals surface area contributed by atoms with Crippen molar-refractivity contribution in [3.8, 4) is 28.1 Å². The molecule has 2 aromatic heterocycles. The minimum absolute atomic E-state index is 0.0288. The van der Waals surface area contributed by atoms with Crippen LogP contribution < -0.4 is 4.74 Å². The fourth-order valence-electron chi connectivity index (χ4n) is 5.42. The van der Waals surface area contributed by atoms with Crippen molar-refractivity contribution >= 4 is 11.9 Å². The van der Waals surface area contributed by atoms with E-state index in [-0.39, 0.29) is 31.3 Å². The molecule has 288 valence electrons. The van der Waals surface area contributed by atoms with Gasteiger partial charge in [0.05, 0.1) is 12.8 Å². The third-order valence-electron chi connectivity index (χ3n) is 7.85. The molecule has 2 aromatic carbocycles. The van der Waals surface area contributed by atoms with Crippen LogP contribution in [0.4, 0.5) is 4.39 Å². The molecule has 0 fully saturated rings. The number of halogens is 1. The van der Waals surface area contributed by atoms with Crippen molar-refractivity contribution in [2.24, 2.45) is 5.92 Å². The molecule has 0 atom stereocenters. The van der Waals surface area contributed by atoms with Gasteiger partial charge in [-0.3, -0.25) is 9.59 Å². The molecule has 10 nitrogen and oxygen atoms in total. The number of aliphatic hydroxyl groups is 1. The molecule has 0 aliphatic carbocycles. The minimum Gasteiger partial charge on any atom is -0.481 e. The lowest BCUT2D eigenvalue weighted by atomic mass is 9.89. The van der Waals surface area contributed by atoms with Gasteiger partial charge in [-0.2, -0.15) is 4.39 Å². The number of hydrogen-bond donors (Lipinski definition) is 3. The summed E-state index contributed by atoms with van der Waals surface area (Å²) in [6.07, 6.45) is 2.49. The van der Waals surface area contributed by atoms with Crippen LogP contribution in [0, 0.1) is 11.9 Å². The maximum atomic E-state index is 13.3. The average molecular weight is 735 g/mol. The molecule has 4 rings (SSSR count). The van der Waals surface area contributed by atoms with E-state index in [0.29, 0.717) is 37.2 Å². The molecular weight excluding hydrogens is 679 g/mol. The summed E-state index contributed by atoms with van der Waals surface area (Å²) in [4.78, 5) is 30.3. The van der Waals surface area contributed by atoms with Crippen LogP contribution in [0.5, 0.6) is 5.88 Å². The van der Waals surface area contributed by atoms with Crippen LogP contribution in [-0.4, -0.2) is 69.9 Å². The highest BCUT2D eigenvalue weighted by atomic mass is 19.1. The predicted octanol–water partition coefficient (Wildman–Crippen LogP) is 8.55. The Morgan fingerprint density at radius 3 is 1.57 bits per heavy atom. The zero-order valence-electron chi connectivity index (χ0n) is 32.1. The van der Waals surface area contributed by atoms with E-state index in [2.05, 4.69) is 23.8 Å². The van der Waals surface area contributed by atoms with E-state index in [4.69, 9.17) is 24.4 Å². The van der Waals surface area contributed by atoms with Gasteiger partial charge in [0.2, 0.25) is 11.8 Å². The number of ether oxygens (including phenoxy) is 3. The summed E-state index contributed by atoms with van der Waals surface area (Å²) in [6.45, 7) is 17.5. The molecule has 53 heavy (non-hydrogen) atoms. The van der Waals surface area contributed by atoms with Gasteiger partial charge < -0.3 is 29.5 Å². The second-order valence-corrected chi connectivity index (χ2v) is 13.2. The lowest BCUT2D eigenvalue weighted by Gasteiger charge is -2.18. The molecule has 0 spiro atoms. The van der Waals surface area contributed by atoms with Gasteiger partial charge >= 0.3 is 11.9 Å². The van der Waals surface area contributed by atoms with Gasteiger partial charge in [-0.25, -0.2) is 9.97 Å². The highest BCUT2D eigenvalue weighted by Crippen LogP contribution is 2.33. The summed E-state index contributed by atoms with van der Waals surface area (Å²) < 4.78 is 30.0. The summed E-state index contributed by atoms with van der Waals surface area (Å²) in [7, 11) is 0. The van der Waals surface area contributed by atoms with Crippen molar-refractivity contribution in [1.29, 1.82) is 0 Å². The number of nitrogens with zero attached hydrogens (tertiary/aromatic N) is 2. The predicted molar refractivity (Wildman–Crippen MR) is 205 cm³/mol. The lowest BCUT2D eigenvalue weighted by Crippen LogP contribution is -2.25. The second-order valence-electron chi connectivity index (χ2n) is 13.2. The Bertz CT molecular complexity index is 1720. The third kappa shape index (κ3) is 15.0. The number of carboxylic acids is 2. The minimum atomic E-state index is -0.895. The molecule has 3 N–H and O–H groups in total. The molecule has 0 aliphatic rings. The van der Waals surface area contributed by atoms with Gasteiger partial charge in [-0.05, 0) is 88.2 Å². The van der Waals surface area contributed by atoms with Gasteiger partial charge in [0, 0.05) is 44.3 Å². The molecular formula is C42H55FN2O8. The molecule has 0 saturated heterocycles. The molecule has 0 unspecified atom stereocenters. The zero-order chi connectivity index (χ0) is 39.5. The first kappa shape index (κ1) is 44.5. The van der Waals surface area contributed by atoms with Crippen LogP contribution in [-0.2, 0) is 31.9 Å². The number of carboxylic acid groups (broad SMARTS) is 2. The fraction of sp³-hybridized carbons (Fsp3) is 0.429. The van der Waals surface area contributed by atoms with Gasteiger partial charge in [0.15, 0.2) is 6.29 Å². The number of benzene rings is 2. The van der Waals surface area contributed by atoms with E-state index in [1.165, 1.54) is 12.3 Å². The molecule has 0 saturated carbocycles. The van der Waals surface area contributed by atoms with E-state index in [1.807, 2.05) is 90.1 Å². The number of pyridine rings is 2. The van der Waals surface area contributed by atoms with E-state index >= 15 is 0 Å². The zero-order valence-corrected chi connectivity index (χ0v) is 32.1. The Morgan fingerprint density at radius 2 is 1.17 bits per heavy atom. The molecule has 11 heteroatoms. The maximum Gasteiger partial charge on any atom is 0.307 e. The number of aliphatic carboxylic acids is 2. The van der Waals surface area contributed by atoms with Crippen molar-refractivity contribution in [2.75, 3.05) is 26.4 Å². The summed E-state index contributed by atoms with van der Waals surface area (Å²) in [5.74, 6) is -1.00. The molecule has 0 radical (unpaired) electrons. The van der Waals surface area contributed by atoms with E-state index < -0.39 is 24.2 Å². The molecule has 4 aromatic rings. The first-order valence-electron chi connectivity index (χ1n) is 17.9. The van der Waals surface area contributed by atoms with Crippen molar-refractivity contribution in [2.45, 2.75) is 86.4 Å². The molecule has 2 heterocycles. The third-order valence-corrected chi connectivity index (χ3v) is 7.85. The smallest absolute Gasteiger partial charge is 0.307 e. The summed E-state index contributed by atoms with van der Waals surface area (Å²) in [5, 5.41) is 26.6. The van der Waals surface area contributed by atoms with Crippen molar-refractivity contribution in [3.63, 3.8) is 0 Å². The Labute approximate surface area is 313 Å². The average Bonchev–Trinajstić information content (AvgIpc) is 3.11. The van der Waals surface area contributed by atoms with Gasteiger partial charge in [-0.15, -0.1) is 0 Å². The van der Waals surface area contributed by atoms with E-state index in [0.717, 1.165) is 38.9 Å². The molecule has 0 aliphatic heterocycles. The van der Waals surface area contributed by atoms with Crippen molar-refractivity contribution in [3.05, 3.63) is 101 Å². The monoisotopic (exact) mass is 734 g/mol. The van der Waals surface area contributed by atoms with Gasteiger partial charge in [-0.1, -0.05) is 77.9 Å².